The SMILES string of the molecule is Cc1nc(C(=O)N2Cc3sc(N)nc3C(C)C2)c(N)nc1N1CCC2(CC1)Cc1ccccc1[C@H]2N. The van der Waals surface area contributed by atoms with Crippen molar-refractivity contribution in [3.63, 3.8) is 0 Å². The largest absolute Gasteiger partial charge is 0.382 e. The zero-order chi connectivity index (χ0) is 25.2. The van der Waals surface area contributed by atoms with Gasteiger partial charge in [0.15, 0.2) is 22.5 Å². The van der Waals surface area contributed by atoms with E-state index in [0.717, 1.165) is 54.4 Å². The molecule has 1 unspecified atom stereocenters. The third kappa shape index (κ3) is 3.62. The third-order valence-corrected chi connectivity index (χ3v) is 9.14. The molecule has 1 aliphatic carbocycles. The molecule has 2 atom stereocenters. The fraction of sp³-hybridized carbons (Fsp3) is 0.462. The molecule has 1 fully saturated rings. The summed E-state index contributed by atoms with van der Waals surface area (Å²) in [5, 5.41) is 0.534. The molecule has 3 aliphatic rings. The van der Waals surface area contributed by atoms with Crippen LogP contribution < -0.4 is 22.1 Å². The molecule has 1 aromatic carbocycles. The number of fused-ring (bicyclic) bond motifs is 2. The Labute approximate surface area is 214 Å². The summed E-state index contributed by atoms with van der Waals surface area (Å²) in [6, 6.07) is 8.61. The van der Waals surface area contributed by atoms with Gasteiger partial charge in [-0.25, -0.2) is 15.0 Å². The predicted octanol–water partition coefficient (Wildman–Crippen LogP) is 3.01. The molecule has 6 N–H and O–H groups in total. The van der Waals surface area contributed by atoms with Crippen molar-refractivity contribution >= 4 is 34.0 Å². The molecule has 6 rings (SSSR count). The molecule has 2 aromatic heterocycles. The number of piperidine rings is 1. The highest BCUT2D eigenvalue weighted by Crippen LogP contribution is 2.51. The van der Waals surface area contributed by atoms with Crippen LogP contribution in [-0.4, -0.2) is 45.4 Å². The Morgan fingerprint density at radius 2 is 1.89 bits per heavy atom. The van der Waals surface area contributed by atoms with Gasteiger partial charge in [0.1, 0.15) is 0 Å². The maximum absolute atomic E-state index is 13.4. The molecule has 10 heteroatoms. The number of amides is 1. The normalized spacial score (nSPS) is 22.5. The Morgan fingerprint density at radius 1 is 1.14 bits per heavy atom. The lowest BCUT2D eigenvalue weighted by atomic mass is 9.73. The van der Waals surface area contributed by atoms with E-state index in [2.05, 4.69) is 51.0 Å². The number of nitrogens with zero attached hydrogens (tertiary/aromatic N) is 5. The van der Waals surface area contributed by atoms with Gasteiger partial charge >= 0.3 is 0 Å². The first-order valence-electron chi connectivity index (χ1n) is 12.5. The van der Waals surface area contributed by atoms with Crippen molar-refractivity contribution in [1.29, 1.82) is 0 Å². The van der Waals surface area contributed by atoms with Gasteiger partial charge in [-0.05, 0) is 42.7 Å². The smallest absolute Gasteiger partial charge is 0.276 e. The molecule has 1 amide bonds. The van der Waals surface area contributed by atoms with E-state index in [1.54, 1.807) is 4.90 Å². The molecule has 9 nitrogen and oxygen atoms in total. The van der Waals surface area contributed by atoms with Gasteiger partial charge in [-0.3, -0.25) is 4.79 Å². The third-order valence-electron chi connectivity index (χ3n) is 8.25. The Bertz CT molecular complexity index is 1350. The summed E-state index contributed by atoms with van der Waals surface area (Å²) in [5.41, 5.74) is 23.6. The lowest BCUT2D eigenvalue weighted by Crippen LogP contribution is -2.45. The number of aryl methyl sites for hydroxylation is 1. The van der Waals surface area contributed by atoms with Crippen molar-refractivity contribution < 1.29 is 4.79 Å². The van der Waals surface area contributed by atoms with Gasteiger partial charge in [0.25, 0.3) is 5.91 Å². The van der Waals surface area contributed by atoms with Crippen LogP contribution in [-0.2, 0) is 13.0 Å². The molecular weight excluding hydrogens is 472 g/mol. The van der Waals surface area contributed by atoms with E-state index in [4.69, 9.17) is 17.2 Å². The van der Waals surface area contributed by atoms with E-state index in [0.29, 0.717) is 18.2 Å². The molecule has 1 saturated heterocycles. The van der Waals surface area contributed by atoms with Crippen LogP contribution in [0.4, 0.5) is 16.8 Å². The molecule has 0 saturated carbocycles. The highest BCUT2D eigenvalue weighted by atomic mass is 32.1. The first-order valence-corrected chi connectivity index (χ1v) is 13.3. The van der Waals surface area contributed by atoms with Crippen molar-refractivity contribution in [1.82, 2.24) is 19.9 Å². The van der Waals surface area contributed by atoms with Gasteiger partial charge < -0.3 is 27.0 Å². The van der Waals surface area contributed by atoms with Crippen molar-refractivity contribution in [2.75, 3.05) is 36.0 Å². The fourth-order valence-corrected chi connectivity index (χ4v) is 7.26. The quantitative estimate of drug-likeness (QED) is 0.484. The number of thiazole rings is 1. The first-order chi connectivity index (χ1) is 17.3. The fourth-order valence-electron chi connectivity index (χ4n) is 6.29. The number of hydrogen-bond donors (Lipinski definition) is 3. The van der Waals surface area contributed by atoms with E-state index in [-0.39, 0.29) is 34.8 Å². The zero-order valence-electron chi connectivity index (χ0n) is 20.7. The van der Waals surface area contributed by atoms with Crippen LogP contribution in [0.25, 0.3) is 0 Å². The molecule has 0 bridgehead atoms. The summed E-state index contributed by atoms with van der Waals surface area (Å²) >= 11 is 1.43. The molecule has 36 heavy (non-hydrogen) atoms. The van der Waals surface area contributed by atoms with Gasteiger partial charge in [-0.1, -0.05) is 31.2 Å². The summed E-state index contributed by atoms with van der Waals surface area (Å²) < 4.78 is 0. The highest BCUT2D eigenvalue weighted by molar-refractivity contribution is 7.15. The minimum Gasteiger partial charge on any atom is -0.382 e. The Kier molecular flexibility index (Phi) is 5.42. The Morgan fingerprint density at radius 3 is 2.64 bits per heavy atom. The number of nitrogen functional groups attached to an aromatic ring is 2. The van der Waals surface area contributed by atoms with Crippen LogP contribution in [0.3, 0.4) is 0 Å². The van der Waals surface area contributed by atoms with Crippen LogP contribution in [0, 0.1) is 12.3 Å². The van der Waals surface area contributed by atoms with Gasteiger partial charge in [0.05, 0.1) is 17.9 Å². The number of aromatic nitrogens is 3. The van der Waals surface area contributed by atoms with Crippen LogP contribution in [0.2, 0.25) is 0 Å². The van der Waals surface area contributed by atoms with Gasteiger partial charge in [0.2, 0.25) is 0 Å². The maximum Gasteiger partial charge on any atom is 0.276 e. The second-order valence-corrected chi connectivity index (χ2v) is 11.6. The first kappa shape index (κ1) is 23.2. The number of hydrogen-bond acceptors (Lipinski definition) is 9. The summed E-state index contributed by atoms with van der Waals surface area (Å²) in [4.78, 5) is 32.2. The van der Waals surface area contributed by atoms with Gasteiger partial charge in [-0.2, -0.15) is 0 Å². The van der Waals surface area contributed by atoms with Crippen molar-refractivity contribution in [3.8, 4) is 0 Å². The number of carbonyl (C=O) groups is 1. The number of carbonyl (C=O) groups excluding carboxylic acids is 1. The van der Waals surface area contributed by atoms with Crippen molar-refractivity contribution in [3.05, 3.63) is 57.4 Å². The minimum absolute atomic E-state index is 0.0643. The molecular formula is C26H32N8OS. The lowest BCUT2D eigenvalue weighted by molar-refractivity contribution is 0.0717. The Hall–Kier alpha value is -3.24. The molecule has 0 radical (unpaired) electrons. The van der Waals surface area contributed by atoms with Crippen LogP contribution >= 0.6 is 11.3 Å². The zero-order valence-corrected chi connectivity index (χ0v) is 21.5. The monoisotopic (exact) mass is 504 g/mol. The maximum atomic E-state index is 13.4. The summed E-state index contributed by atoms with van der Waals surface area (Å²) in [6.45, 7) is 6.64. The second kappa shape index (κ2) is 8.41. The molecule has 2 aliphatic heterocycles. The van der Waals surface area contributed by atoms with Gasteiger partial charge in [0, 0.05) is 36.5 Å². The molecule has 1 spiro atoms. The van der Waals surface area contributed by atoms with Crippen LogP contribution in [0.1, 0.15) is 69.6 Å². The summed E-state index contributed by atoms with van der Waals surface area (Å²) in [6.07, 6.45) is 2.99. The van der Waals surface area contributed by atoms with E-state index in [9.17, 15) is 4.79 Å². The lowest BCUT2D eigenvalue weighted by Gasteiger charge is -2.43. The van der Waals surface area contributed by atoms with Gasteiger partial charge in [-0.15, -0.1) is 11.3 Å². The standard InChI is InChI=1S/C26H32N8OS/c1-14-12-34(13-18-19(14)31-25(29)36-18)24(35)20-22(28)32-23(15(2)30-20)33-9-7-26(8-10-33)11-16-5-3-4-6-17(16)21(26)27/h3-6,14,21H,7-13,27H2,1-2H3,(H2,28,32)(H2,29,31)/t14?,21-/m1/s1. The molecule has 4 heterocycles. The molecule has 3 aromatic rings. The second-order valence-electron chi connectivity index (χ2n) is 10.5. The average Bonchev–Trinajstić information content (AvgIpc) is 3.38. The summed E-state index contributed by atoms with van der Waals surface area (Å²) in [7, 11) is 0. The van der Waals surface area contributed by atoms with Crippen LogP contribution in [0.15, 0.2) is 24.3 Å². The molecule has 188 valence electrons. The van der Waals surface area contributed by atoms with E-state index in [1.165, 1.54) is 22.5 Å². The number of nitrogens with two attached hydrogens (primary N) is 3. The van der Waals surface area contributed by atoms with Crippen molar-refractivity contribution in [2.24, 2.45) is 11.1 Å². The predicted molar refractivity (Wildman–Crippen MR) is 142 cm³/mol. The number of anilines is 3. The van der Waals surface area contributed by atoms with E-state index >= 15 is 0 Å². The van der Waals surface area contributed by atoms with E-state index < -0.39 is 0 Å². The average molecular weight is 505 g/mol. The number of rotatable bonds is 2. The minimum atomic E-state index is -0.202. The Balaban J connectivity index is 1.19. The number of benzene rings is 1. The van der Waals surface area contributed by atoms with E-state index in [1.807, 2.05) is 6.92 Å². The highest BCUT2D eigenvalue weighted by Gasteiger charge is 2.46. The van der Waals surface area contributed by atoms with Crippen molar-refractivity contribution in [2.45, 2.75) is 51.6 Å². The summed E-state index contributed by atoms with van der Waals surface area (Å²) in [5.74, 6) is 0.835. The van der Waals surface area contributed by atoms with Crippen LogP contribution in [0.5, 0.6) is 0 Å². The topological polar surface area (TPSA) is 140 Å².